The molecule has 1 amide bonds. The predicted octanol–water partition coefficient (Wildman–Crippen LogP) is 4.66. The maximum absolute atomic E-state index is 14.1. The van der Waals surface area contributed by atoms with Crippen molar-refractivity contribution >= 4 is 32.6 Å². The van der Waals surface area contributed by atoms with Crippen molar-refractivity contribution in [3.63, 3.8) is 0 Å². The molecule has 1 aromatic heterocycles. The molecule has 1 atom stereocenters. The summed E-state index contributed by atoms with van der Waals surface area (Å²) in [5.41, 5.74) is 0.820. The number of fused-ring (bicyclic) bond motifs is 1. The minimum absolute atomic E-state index is 0.0384. The number of halogens is 1. The zero-order valence-corrected chi connectivity index (χ0v) is 16.4. The lowest BCUT2D eigenvalue weighted by Gasteiger charge is -2.23. The molecule has 0 saturated carbocycles. The Balaban J connectivity index is 1.67. The summed E-state index contributed by atoms with van der Waals surface area (Å²) in [6, 6.07) is 11.9. The topological polar surface area (TPSA) is 51.7 Å². The number of ether oxygens (including phenoxy) is 2. The highest BCUT2D eigenvalue weighted by molar-refractivity contribution is 7.22. The van der Waals surface area contributed by atoms with Gasteiger partial charge in [0.05, 0.1) is 24.0 Å². The first-order valence-electron chi connectivity index (χ1n) is 9.37. The average molecular weight is 400 g/mol. The van der Waals surface area contributed by atoms with Crippen molar-refractivity contribution < 1.29 is 18.7 Å². The Labute approximate surface area is 166 Å². The van der Waals surface area contributed by atoms with Crippen LogP contribution in [0, 0.1) is 5.82 Å². The lowest BCUT2D eigenvalue weighted by atomic mass is 10.1. The van der Waals surface area contributed by atoms with Crippen molar-refractivity contribution in [2.75, 3.05) is 24.7 Å². The summed E-state index contributed by atoms with van der Waals surface area (Å²) in [5.74, 6) is 0.148. The van der Waals surface area contributed by atoms with Crippen LogP contribution in [0.2, 0.25) is 0 Å². The zero-order chi connectivity index (χ0) is 19.5. The number of carbonyl (C=O) groups is 1. The molecule has 1 fully saturated rings. The largest absolute Gasteiger partial charge is 0.494 e. The SMILES string of the molecule is CCOc1ccc(C(=O)N(CC2CCCO2)c2nc3c(F)cccc3s2)cc1. The summed E-state index contributed by atoms with van der Waals surface area (Å²) in [6.07, 6.45) is 1.83. The first-order chi connectivity index (χ1) is 13.7. The van der Waals surface area contributed by atoms with Gasteiger partial charge in [0.2, 0.25) is 0 Å². The van der Waals surface area contributed by atoms with Gasteiger partial charge in [-0.05, 0) is 56.2 Å². The van der Waals surface area contributed by atoms with Gasteiger partial charge in [-0.3, -0.25) is 9.69 Å². The van der Waals surface area contributed by atoms with E-state index in [0.29, 0.717) is 46.4 Å². The molecule has 7 heteroatoms. The van der Waals surface area contributed by atoms with Crippen molar-refractivity contribution in [2.45, 2.75) is 25.9 Å². The van der Waals surface area contributed by atoms with Crippen LogP contribution < -0.4 is 9.64 Å². The Morgan fingerprint density at radius 3 is 2.82 bits per heavy atom. The van der Waals surface area contributed by atoms with Crippen LogP contribution in [0.15, 0.2) is 42.5 Å². The second-order valence-electron chi connectivity index (χ2n) is 6.59. The lowest BCUT2D eigenvalue weighted by molar-refractivity contribution is 0.0917. The molecule has 3 aromatic rings. The van der Waals surface area contributed by atoms with Gasteiger partial charge in [0.1, 0.15) is 17.1 Å². The number of thiazole rings is 1. The molecule has 2 aromatic carbocycles. The Hall–Kier alpha value is -2.51. The van der Waals surface area contributed by atoms with Gasteiger partial charge >= 0.3 is 0 Å². The maximum atomic E-state index is 14.1. The summed E-state index contributed by atoms with van der Waals surface area (Å²) in [7, 11) is 0. The smallest absolute Gasteiger partial charge is 0.260 e. The van der Waals surface area contributed by atoms with Crippen LogP contribution in [0.5, 0.6) is 5.75 Å². The fourth-order valence-electron chi connectivity index (χ4n) is 3.27. The number of nitrogens with zero attached hydrogens (tertiary/aromatic N) is 2. The molecule has 0 bridgehead atoms. The van der Waals surface area contributed by atoms with E-state index in [2.05, 4.69) is 4.98 Å². The van der Waals surface area contributed by atoms with E-state index in [-0.39, 0.29) is 17.8 Å². The van der Waals surface area contributed by atoms with Crippen LogP contribution in [0.1, 0.15) is 30.1 Å². The summed E-state index contributed by atoms with van der Waals surface area (Å²) >= 11 is 1.31. The highest BCUT2D eigenvalue weighted by atomic mass is 32.1. The maximum Gasteiger partial charge on any atom is 0.260 e. The Bertz CT molecular complexity index is 967. The fourth-order valence-corrected chi connectivity index (χ4v) is 4.26. The zero-order valence-electron chi connectivity index (χ0n) is 15.6. The highest BCUT2D eigenvalue weighted by Crippen LogP contribution is 2.32. The monoisotopic (exact) mass is 400 g/mol. The quantitative estimate of drug-likeness (QED) is 0.604. The lowest BCUT2D eigenvalue weighted by Crippen LogP contribution is -2.37. The second kappa shape index (κ2) is 8.24. The van der Waals surface area contributed by atoms with E-state index < -0.39 is 0 Å². The fraction of sp³-hybridized carbons (Fsp3) is 0.333. The van der Waals surface area contributed by atoms with Gasteiger partial charge < -0.3 is 9.47 Å². The van der Waals surface area contributed by atoms with Crippen LogP contribution >= 0.6 is 11.3 Å². The number of benzene rings is 2. The third kappa shape index (κ3) is 3.86. The van der Waals surface area contributed by atoms with Crippen LogP contribution in [0.3, 0.4) is 0 Å². The molecule has 4 rings (SSSR count). The van der Waals surface area contributed by atoms with E-state index >= 15 is 0 Å². The molecular weight excluding hydrogens is 379 g/mol. The minimum Gasteiger partial charge on any atom is -0.494 e. The van der Waals surface area contributed by atoms with E-state index in [1.54, 1.807) is 35.2 Å². The minimum atomic E-state index is -0.384. The van der Waals surface area contributed by atoms with Crippen LogP contribution in [-0.2, 0) is 4.74 Å². The normalized spacial score (nSPS) is 16.4. The van der Waals surface area contributed by atoms with E-state index in [4.69, 9.17) is 9.47 Å². The van der Waals surface area contributed by atoms with Crippen molar-refractivity contribution in [3.05, 3.63) is 53.8 Å². The third-order valence-corrected chi connectivity index (χ3v) is 5.70. The van der Waals surface area contributed by atoms with Gasteiger partial charge in [0.25, 0.3) is 5.91 Å². The van der Waals surface area contributed by atoms with Crippen molar-refractivity contribution in [1.82, 2.24) is 4.98 Å². The van der Waals surface area contributed by atoms with E-state index in [1.807, 2.05) is 13.0 Å². The molecule has 5 nitrogen and oxygen atoms in total. The second-order valence-corrected chi connectivity index (χ2v) is 7.60. The van der Waals surface area contributed by atoms with Gasteiger partial charge in [-0.1, -0.05) is 17.4 Å². The van der Waals surface area contributed by atoms with E-state index in [1.165, 1.54) is 17.4 Å². The van der Waals surface area contributed by atoms with Gasteiger partial charge in [-0.25, -0.2) is 9.37 Å². The summed E-state index contributed by atoms with van der Waals surface area (Å²) < 4.78 is 26.0. The number of aromatic nitrogens is 1. The summed E-state index contributed by atoms with van der Waals surface area (Å²) in [4.78, 5) is 19.3. The number of amides is 1. The molecule has 1 unspecified atom stereocenters. The highest BCUT2D eigenvalue weighted by Gasteiger charge is 2.27. The van der Waals surface area contributed by atoms with E-state index in [9.17, 15) is 9.18 Å². The van der Waals surface area contributed by atoms with E-state index in [0.717, 1.165) is 12.8 Å². The molecule has 0 N–H and O–H groups in total. The van der Waals surface area contributed by atoms with Gasteiger partial charge in [0, 0.05) is 12.2 Å². The number of hydrogen-bond donors (Lipinski definition) is 0. The number of carbonyl (C=O) groups excluding carboxylic acids is 1. The molecule has 0 radical (unpaired) electrons. The van der Waals surface area contributed by atoms with Crippen LogP contribution in [0.4, 0.5) is 9.52 Å². The Kier molecular flexibility index (Phi) is 5.54. The van der Waals surface area contributed by atoms with Gasteiger partial charge in [0.15, 0.2) is 5.13 Å². The van der Waals surface area contributed by atoms with Crippen molar-refractivity contribution in [3.8, 4) is 5.75 Å². The number of para-hydroxylation sites is 1. The number of hydrogen-bond acceptors (Lipinski definition) is 5. The molecule has 1 saturated heterocycles. The van der Waals surface area contributed by atoms with Crippen LogP contribution in [0.25, 0.3) is 10.2 Å². The molecule has 28 heavy (non-hydrogen) atoms. The molecule has 0 aliphatic carbocycles. The van der Waals surface area contributed by atoms with Gasteiger partial charge in [-0.15, -0.1) is 0 Å². The Morgan fingerprint density at radius 2 is 2.14 bits per heavy atom. The number of rotatable bonds is 6. The Morgan fingerprint density at radius 1 is 1.32 bits per heavy atom. The number of anilines is 1. The molecule has 1 aliphatic rings. The molecular formula is C21H21FN2O3S. The molecule has 2 heterocycles. The first kappa shape index (κ1) is 18.8. The predicted molar refractivity (Wildman–Crippen MR) is 108 cm³/mol. The summed E-state index contributed by atoms with van der Waals surface area (Å²) in [5, 5.41) is 0.481. The van der Waals surface area contributed by atoms with Crippen LogP contribution in [-0.4, -0.2) is 36.8 Å². The first-order valence-corrected chi connectivity index (χ1v) is 10.2. The molecule has 0 spiro atoms. The molecule has 1 aliphatic heterocycles. The average Bonchev–Trinajstić information content (AvgIpc) is 3.37. The summed E-state index contributed by atoms with van der Waals surface area (Å²) in [6.45, 7) is 3.57. The van der Waals surface area contributed by atoms with Crippen molar-refractivity contribution in [2.24, 2.45) is 0 Å². The standard InChI is InChI=1S/C21H21FN2O3S/c1-2-26-15-10-8-14(9-11-15)20(25)24(13-16-5-4-12-27-16)21-23-19-17(22)6-3-7-18(19)28-21/h3,6-11,16H,2,4-5,12-13H2,1H3. The third-order valence-electron chi connectivity index (χ3n) is 4.66. The van der Waals surface area contributed by atoms with Crippen molar-refractivity contribution in [1.29, 1.82) is 0 Å². The van der Waals surface area contributed by atoms with Gasteiger partial charge in [-0.2, -0.15) is 0 Å². The molecule has 146 valence electrons.